The minimum Gasteiger partial charge on any atom is -0.490 e. The summed E-state index contributed by atoms with van der Waals surface area (Å²) in [7, 11) is 0. The molecule has 1 unspecified atom stereocenters. The highest BCUT2D eigenvalue weighted by Crippen LogP contribution is 2.30. The van der Waals surface area contributed by atoms with Crippen molar-refractivity contribution in [2.75, 3.05) is 19.8 Å². The van der Waals surface area contributed by atoms with Crippen molar-refractivity contribution in [3.05, 3.63) is 23.8 Å². The average Bonchev–Trinajstić information content (AvgIpc) is 2.42. The maximum atomic E-state index is 11.4. The number of nitrogens with one attached hydrogen (secondary N) is 1. The monoisotopic (exact) mass is 281 g/mol. The molecule has 112 valence electrons. The largest absolute Gasteiger partial charge is 0.490 e. The van der Waals surface area contributed by atoms with Crippen LogP contribution in [0.4, 0.5) is 0 Å². The maximum absolute atomic E-state index is 11.4. The van der Waals surface area contributed by atoms with Gasteiger partial charge in [-0.1, -0.05) is 13.0 Å². The summed E-state index contributed by atoms with van der Waals surface area (Å²) in [6.07, 6.45) is 0.874. The minimum atomic E-state index is -0.898. The third kappa shape index (κ3) is 4.42. The van der Waals surface area contributed by atoms with Crippen LogP contribution in [0.5, 0.6) is 11.5 Å². The van der Waals surface area contributed by atoms with Crippen molar-refractivity contribution >= 4 is 5.97 Å². The lowest BCUT2D eigenvalue weighted by molar-refractivity contribution is -0.139. The van der Waals surface area contributed by atoms with E-state index in [0.29, 0.717) is 36.8 Å². The van der Waals surface area contributed by atoms with Crippen LogP contribution in [0.2, 0.25) is 0 Å². The van der Waals surface area contributed by atoms with E-state index in [4.69, 9.17) is 9.47 Å². The molecule has 1 rings (SSSR count). The van der Waals surface area contributed by atoms with Gasteiger partial charge in [-0.2, -0.15) is 0 Å². The molecule has 0 bridgehead atoms. The second-order valence-corrected chi connectivity index (χ2v) is 4.30. The number of ether oxygens (including phenoxy) is 2. The smallest absolute Gasteiger partial charge is 0.325 e. The SMILES string of the molecule is CCCNC(C(=O)O)c1ccc(OCC)c(OCC)c1. The van der Waals surface area contributed by atoms with Gasteiger partial charge < -0.3 is 19.9 Å². The summed E-state index contributed by atoms with van der Waals surface area (Å²) in [4.78, 5) is 11.4. The van der Waals surface area contributed by atoms with Gasteiger partial charge in [0.05, 0.1) is 13.2 Å². The lowest BCUT2D eigenvalue weighted by Gasteiger charge is -2.17. The van der Waals surface area contributed by atoms with Gasteiger partial charge >= 0.3 is 5.97 Å². The second-order valence-electron chi connectivity index (χ2n) is 4.30. The van der Waals surface area contributed by atoms with E-state index in [1.54, 1.807) is 18.2 Å². The lowest BCUT2D eigenvalue weighted by Crippen LogP contribution is -2.29. The Kier molecular flexibility index (Phi) is 6.87. The minimum absolute atomic E-state index is 0.504. The summed E-state index contributed by atoms with van der Waals surface area (Å²) in [6, 6.07) is 4.52. The molecule has 0 amide bonds. The highest BCUT2D eigenvalue weighted by atomic mass is 16.5. The number of carbonyl (C=O) groups is 1. The van der Waals surface area contributed by atoms with E-state index in [1.165, 1.54) is 0 Å². The van der Waals surface area contributed by atoms with Crippen LogP contribution in [0, 0.1) is 0 Å². The van der Waals surface area contributed by atoms with Crippen molar-refractivity contribution < 1.29 is 19.4 Å². The quantitative estimate of drug-likeness (QED) is 0.728. The molecule has 0 aromatic heterocycles. The van der Waals surface area contributed by atoms with E-state index in [0.717, 1.165) is 6.42 Å². The Labute approximate surface area is 119 Å². The molecule has 0 heterocycles. The van der Waals surface area contributed by atoms with Gasteiger partial charge in [-0.05, 0) is 44.5 Å². The molecule has 1 atom stereocenters. The van der Waals surface area contributed by atoms with Gasteiger partial charge in [0.15, 0.2) is 11.5 Å². The van der Waals surface area contributed by atoms with Crippen molar-refractivity contribution in [3.8, 4) is 11.5 Å². The topological polar surface area (TPSA) is 67.8 Å². The molecule has 0 aliphatic heterocycles. The molecule has 0 saturated heterocycles. The predicted molar refractivity (Wildman–Crippen MR) is 77.5 cm³/mol. The number of hydrogen-bond donors (Lipinski definition) is 2. The summed E-state index contributed by atoms with van der Waals surface area (Å²) >= 11 is 0. The Morgan fingerprint density at radius 2 is 1.85 bits per heavy atom. The molecule has 0 aliphatic rings. The Morgan fingerprint density at radius 3 is 2.40 bits per heavy atom. The molecule has 2 N–H and O–H groups in total. The number of rotatable bonds is 9. The van der Waals surface area contributed by atoms with Crippen molar-refractivity contribution in [3.63, 3.8) is 0 Å². The van der Waals surface area contributed by atoms with Gasteiger partial charge in [0.1, 0.15) is 6.04 Å². The fraction of sp³-hybridized carbons (Fsp3) is 0.533. The van der Waals surface area contributed by atoms with Crippen LogP contribution in [0.1, 0.15) is 38.8 Å². The van der Waals surface area contributed by atoms with Crippen LogP contribution in [-0.2, 0) is 4.79 Å². The van der Waals surface area contributed by atoms with Crippen molar-refractivity contribution in [2.24, 2.45) is 0 Å². The Bertz CT molecular complexity index is 434. The van der Waals surface area contributed by atoms with Gasteiger partial charge in [0.25, 0.3) is 0 Å². The number of benzene rings is 1. The average molecular weight is 281 g/mol. The highest BCUT2D eigenvalue weighted by Gasteiger charge is 2.20. The zero-order valence-electron chi connectivity index (χ0n) is 12.3. The van der Waals surface area contributed by atoms with Crippen molar-refractivity contribution in [1.29, 1.82) is 0 Å². The summed E-state index contributed by atoms with van der Waals surface area (Å²) in [6.45, 7) is 7.46. The van der Waals surface area contributed by atoms with Crippen LogP contribution in [0.25, 0.3) is 0 Å². The normalized spacial score (nSPS) is 11.9. The molecule has 0 spiro atoms. The molecule has 0 radical (unpaired) electrons. The summed E-state index contributed by atoms with van der Waals surface area (Å²) in [5, 5.41) is 12.3. The highest BCUT2D eigenvalue weighted by molar-refractivity contribution is 5.76. The third-order valence-electron chi connectivity index (χ3n) is 2.75. The van der Waals surface area contributed by atoms with E-state index in [9.17, 15) is 9.90 Å². The van der Waals surface area contributed by atoms with E-state index in [-0.39, 0.29) is 0 Å². The van der Waals surface area contributed by atoms with Crippen molar-refractivity contribution in [1.82, 2.24) is 5.32 Å². The number of carboxylic acid groups (broad SMARTS) is 1. The molecule has 5 heteroatoms. The van der Waals surface area contributed by atoms with Crippen LogP contribution < -0.4 is 14.8 Å². The van der Waals surface area contributed by atoms with E-state index in [2.05, 4.69) is 5.32 Å². The molecule has 0 aliphatic carbocycles. The van der Waals surface area contributed by atoms with Gasteiger partial charge in [0.2, 0.25) is 0 Å². The Morgan fingerprint density at radius 1 is 1.20 bits per heavy atom. The molecule has 20 heavy (non-hydrogen) atoms. The molecule has 0 saturated carbocycles. The lowest BCUT2D eigenvalue weighted by atomic mass is 10.1. The number of carboxylic acids is 1. The molecule has 1 aromatic carbocycles. The molecular weight excluding hydrogens is 258 g/mol. The zero-order valence-corrected chi connectivity index (χ0v) is 12.3. The fourth-order valence-corrected chi connectivity index (χ4v) is 1.88. The van der Waals surface area contributed by atoms with Gasteiger partial charge in [0, 0.05) is 0 Å². The van der Waals surface area contributed by atoms with E-state index < -0.39 is 12.0 Å². The first-order valence-electron chi connectivity index (χ1n) is 6.99. The first kappa shape index (κ1) is 16.3. The Hall–Kier alpha value is -1.75. The van der Waals surface area contributed by atoms with Crippen LogP contribution in [0.3, 0.4) is 0 Å². The van der Waals surface area contributed by atoms with Gasteiger partial charge in [-0.25, -0.2) is 0 Å². The summed E-state index contributed by atoms with van der Waals surface area (Å²) in [5.41, 5.74) is 0.665. The Balaban J connectivity index is 3.03. The first-order chi connectivity index (χ1) is 9.63. The summed E-state index contributed by atoms with van der Waals surface area (Å²) in [5.74, 6) is 0.319. The third-order valence-corrected chi connectivity index (χ3v) is 2.75. The number of hydrogen-bond acceptors (Lipinski definition) is 4. The van der Waals surface area contributed by atoms with E-state index in [1.807, 2.05) is 20.8 Å². The molecule has 1 aromatic rings. The van der Waals surface area contributed by atoms with Gasteiger partial charge in [-0.15, -0.1) is 0 Å². The first-order valence-corrected chi connectivity index (χ1v) is 6.99. The van der Waals surface area contributed by atoms with Crippen LogP contribution in [0.15, 0.2) is 18.2 Å². The van der Waals surface area contributed by atoms with Crippen LogP contribution >= 0.6 is 0 Å². The van der Waals surface area contributed by atoms with Crippen molar-refractivity contribution in [2.45, 2.75) is 33.2 Å². The van der Waals surface area contributed by atoms with E-state index >= 15 is 0 Å². The standard InChI is InChI=1S/C15H23NO4/c1-4-9-16-14(15(17)18)11-7-8-12(19-5-2)13(10-11)20-6-3/h7-8,10,14,16H,4-6,9H2,1-3H3,(H,17,18). The fourth-order valence-electron chi connectivity index (χ4n) is 1.88. The van der Waals surface area contributed by atoms with Gasteiger partial charge in [-0.3, -0.25) is 4.79 Å². The zero-order chi connectivity index (χ0) is 15.0. The predicted octanol–water partition coefficient (Wildman–Crippen LogP) is 2.61. The number of aliphatic carboxylic acids is 1. The molecule has 0 fully saturated rings. The molecular formula is C15H23NO4. The summed E-state index contributed by atoms with van der Waals surface area (Å²) < 4.78 is 11.0. The second kappa shape index (κ2) is 8.43. The molecule has 5 nitrogen and oxygen atoms in total. The maximum Gasteiger partial charge on any atom is 0.325 e. The van der Waals surface area contributed by atoms with Crippen LogP contribution in [-0.4, -0.2) is 30.8 Å².